The van der Waals surface area contributed by atoms with Crippen LogP contribution in [0.25, 0.3) is 11.4 Å². The minimum Gasteiger partial charge on any atom is -0.481 e. The molecule has 23 heavy (non-hydrogen) atoms. The van der Waals surface area contributed by atoms with E-state index in [1.807, 2.05) is 24.3 Å². The second-order valence-corrected chi connectivity index (χ2v) is 6.94. The average Bonchev–Trinajstić information content (AvgIpc) is 2.90. The summed E-state index contributed by atoms with van der Waals surface area (Å²) in [5.74, 6) is -0.336. The molecule has 2 aromatic rings. The molecule has 1 aromatic carbocycles. The van der Waals surface area contributed by atoms with E-state index in [4.69, 9.17) is 0 Å². The van der Waals surface area contributed by atoms with E-state index in [0.29, 0.717) is 25.1 Å². The van der Waals surface area contributed by atoms with Crippen LogP contribution in [-0.2, 0) is 11.2 Å². The highest BCUT2D eigenvalue weighted by atomic mass is 79.9. The maximum Gasteiger partial charge on any atom is 0.310 e. The number of hydrogen-bond acceptors (Lipinski definition) is 3. The number of hydrogen-bond donors (Lipinski definition) is 1. The Morgan fingerprint density at radius 3 is 2.74 bits per heavy atom. The molecular weight excluding hydrogens is 363 g/mol. The van der Waals surface area contributed by atoms with Gasteiger partial charge in [-0.15, -0.1) is 0 Å². The van der Waals surface area contributed by atoms with Crippen LogP contribution in [0.5, 0.6) is 0 Å². The molecule has 1 aromatic heterocycles. The van der Waals surface area contributed by atoms with E-state index in [1.54, 1.807) is 12.4 Å². The van der Waals surface area contributed by atoms with Gasteiger partial charge in [-0.25, -0.2) is 14.4 Å². The van der Waals surface area contributed by atoms with Crippen LogP contribution in [0.4, 0.5) is 4.39 Å². The predicted octanol–water partition coefficient (Wildman–Crippen LogP) is 4.04. The third kappa shape index (κ3) is 3.42. The van der Waals surface area contributed by atoms with Gasteiger partial charge in [-0.2, -0.15) is 0 Å². The summed E-state index contributed by atoms with van der Waals surface area (Å²) in [6.07, 6.45) is 3.42. The van der Waals surface area contributed by atoms with Gasteiger partial charge < -0.3 is 5.11 Å². The zero-order valence-corrected chi connectivity index (χ0v) is 14.0. The number of halogens is 2. The lowest BCUT2D eigenvalue weighted by Crippen LogP contribution is -2.31. The highest BCUT2D eigenvalue weighted by molar-refractivity contribution is 9.10. The number of benzene rings is 1. The number of carboxylic acid groups (broad SMARTS) is 1. The summed E-state index contributed by atoms with van der Waals surface area (Å²) in [4.78, 5) is 20.2. The second-order valence-electron chi connectivity index (χ2n) is 6.03. The summed E-state index contributed by atoms with van der Waals surface area (Å²) in [7, 11) is 0. The van der Waals surface area contributed by atoms with Crippen LogP contribution in [-0.4, -0.2) is 27.2 Å². The van der Waals surface area contributed by atoms with Crippen LogP contribution in [0.2, 0.25) is 0 Å². The number of alkyl halides is 1. The largest absolute Gasteiger partial charge is 0.481 e. The third-order valence-corrected chi connectivity index (χ3v) is 4.76. The molecule has 1 heterocycles. The van der Waals surface area contributed by atoms with Gasteiger partial charge in [0.15, 0.2) is 5.82 Å². The Balaban J connectivity index is 1.88. The van der Waals surface area contributed by atoms with Crippen molar-refractivity contribution < 1.29 is 14.3 Å². The minimum atomic E-state index is -1.02. The van der Waals surface area contributed by atoms with Crippen molar-refractivity contribution in [2.24, 2.45) is 5.41 Å². The van der Waals surface area contributed by atoms with Crippen LogP contribution in [0.15, 0.2) is 41.1 Å². The number of carbonyl (C=O) groups is 1. The zero-order valence-electron chi connectivity index (χ0n) is 12.4. The molecule has 0 radical (unpaired) electrons. The van der Waals surface area contributed by atoms with Gasteiger partial charge in [-0.3, -0.25) is 4.79 Å². The van der Waals surface area contributed by atoms with E-state index in [2.05, 4.69) is 25.9 Å². The fourth-order valence-electron chi connectivity index (χ4n) is 3.16. The fourth-order valence-corrected chi connectivity index (χ4v) is 3.37. The molecule has 1 N–H and O–H groups in total. The van der Waals surface area contributed by atoms with Crippen LogP contribution in [0.1, 0.15) is 24.8 Å². The van der Waals surface area contributed by atoms with E-state index in [9.17, 15) is 14.3 Å². The molecule has 6 heteroatoms. The number of aliphatic carboxylic acids is 1. The Morgan fingerprint density at radius 2 is 2.13 bits per heavy atom. The first kappa shape index (κ1) is 16.1. The first-order valence-corrected chi connectivity index (χ1v) is 8.22. The van der Waals surface area contributed by atoms with Gasteiger partial charge >= 0.3 is 5.97 Å². The number of nitrogens with zero attached hydrogens (tertiary/aromatic N) is 2. The highest BCUT2D eigenvalue weighted by Gasteiger charge is 2.45. The fraction of sp³-hybridized carbons (Fsp3) is 0.353. The molecule has 4 nitrogen and oxygen atoms in total. The van der Waals surface area contributed by atoms with Crippen molar-refractivity contribution in [3.8, 4) is 11.4 Å². The summed E-state index contributed by atoms with van der Waals surface area (Å²) in [6, 6.07) is 7.50. The lowest BCUT2D eigenvalue weighted by molar-refractivity contribution is -0.148. The molecule has 0 bridgehead atoms. The van der Waals surface area contributed by atoms with Crippen LogP contribution in [0, 0.1) is 5.41 Å². The lowest BCUT2D eigenvalue weighted by Gasteiger charge is -2.23. The molecule has 1 saturated carbocycles. The number of aromatic nitrogens is 2. The van der Waals surface area contributed by atoms with Crippen molar-refractivity contribution in [1.29, 1.82) is 0 Å². The quantitative estimate of drug-likeness (QED) is 0.871. The lowest BCUT2D eigenvalue weighted by atomic mass is 9.80. The Bertz CT molecular complexity index is 723. The summed E-state index contributed by atoms with van der Waals surface area (Å²) in [5.41, 5.74) is 0.689. The first-order valence-electron chi connectivity index (χ1n) is 7.43. The normalized spacial score (nSPS) is 23.8. The van der Waals surface area contributed by atoms with Gasteiger partial charge in [0, 0.05) is 18.0 Å². The van der Waals surface area contributed by atoms with Crippen LogP contribution in [0.3, 0.4) is 0 Å². The van der Waals surface area contributed by atoms with E-state index in [0.717, 1.165) is 15.6 Å². The molecule has 0 spiro atoms. The van der Waals surface area contributed by atoms with Gasteiger partial charge in [0.05, 0.1) is 9.89 Å². The molecule has 2 atom stereocenters. The van der Waals surface area contributed by atoms with Crippen LogP contribution >= 0.6 is 15.9 Å². The zero-order chi connectivity index (χ0) is 16.4. The third-order valence-electron chi connectivity index (χ3n) is 4.35. The van der Waals surface area contributed by atoms with E-state index < -0.39 is 17.6 Å². The Labute approximate surface area is 141 Å². The highest BCUT2D eigenvalue weighted by Crippen LogP contribution is 2.43. The molecular formula is C17H16BrFN2O2. The van der Waals surface area contributed by atoms with Crippen molar-refractivity contribution in [3.05, 3.63) is 46.7 Å². The van der Waals surface area contributed by atoms with Crippen molar-refractivity contribution in [3.63, 3.8) is 0 Å². The summed E-state index contributed by atoms with van der Waals surface area (Å²) < 4.78 is 14.4. The first-order chi connectivity index (χ1) is 11.0. The monoisotopic (exact) mass is 378 g/mol. The molecule has 0 aliphatic heterocycles. The van der Waals surface area contributed by atoms with Crippen LogP contribution < -0.4 is 0 Å². The van der Waals surface area contributed by atoms with E-state index >= 15 is 0 Å². The predicted molar refractivity (Wildman–Crippen MR) is 87.7 cm³/mol. The second kappa shape index (κ2) is 6.35. The Morgan fingerprint density at radius 1 is 1.39 bits per heavy atom. The van der Waals surface area contributed by atoms with Gasteiger partial charge in [-0.05, 0) is 53.2 Å². The summed E-state index contributed by atoms with van der Waals surface area (Å²) >= 11 is 3.29. The van der Waals surface area contributed by atoms with Gasteiger partial charge in [0.1, 0.15) is 6.17 Å². The van der Waals surface area contributed by atoms with Gasteiger partial charge in [0.25, 0.3) is 0 Å². The molecule has 0 saturated heterocycles. The van der Waals surface area contributed by atoms with Gasteiger partial charge in [0.2, 0.25) is 0 Å². The maximum atomic E-state index is 13.6. The van der Waals surface area contributed by atoms with Gasteiger partial charge in [-0.1, -0.05) is 18.2 Å². The molecule has 0 amide bonds. The SMILES string of the molecule is O=C(O)C1(Cc2cccc(-c3ncc(Br)cn3)c2)CCC(F)C1. The summed E-state index contributed by atoms with van der Waals surface area (Å²) in [5, 5.41) is 9.56. The maximum absolute atomic E-state index is 13.6. The van der Waals surface area contributed by atoms with E-state index in [-0.39, 0.29) is 6.42 Å². The molecule has 3 rings (SSSR count). The molecule has 1 aliphatic rings. The smallest absolute Gasteiger partial charge is 0.310 e. The van der Waals surface area contributed by atoms with Crippen molar-refractivity contribution in [2.75, 3.05) is 0 Å². The minimum absolute atomic E-state index is 0.0847. The topological polar surface area (TPSA) is 63.1 Å². The standard InChI is InChI=1S/C17H16BrFN2O2/c18-13-9-20-15(21-10-13)12-3-1-2-11(6-12)7-17(16(22)23)5-4-14(19)8-17/h1-3,6,9-10,14H,4-5,7-8H2,(H,22,23). The number of rotatable bonds is 4. The van der Waals surface area contributed by atoms with E-state index in [1.165, 1.54) is 0 Å². The molecule has 2 unspecified atom stereocenters. The molecule has 120 valence electrons. The summed E-state index contributed by atoms with van der Waals surface area (Å²) in [6.45, 7) is 0. The molecule has 1 aliphatic carbocycles. The van der Waals surface area contributed by atoms with Crippen molar-refractivity contribution in [1.82, 2.24) is 9.97 Å². The number of carboxylic acids is 1. The Kier molecular flexibility index (Phi) is 4.43. The van der Waals surface area contributed by atoms with Crippen molar-refractivity contribution >= 4 is 21.9 Å². The average molecular weight is 379 g/mol. The van der Waals surface area contributed by atoms with Crippen molar-refractivity contribution in [2.45, 2.75) is 31.9 Å². The molecule has 1 fully saturated rings. The Hall–Kier alpha value is -1.82.